The van der Waals surface area contributed by atoms with Gasteiger partial charge in [-0.1, -0.05) is 28.9 Å². The zero-order valence-corrected chi connectivity index (χ0v) is 8.35. The molecule has 1 N–H and O–H groups in total. The second-order valence-electron chi connectivity index (χ2n) is 2.45. The van der Waals surface area contributed by atoms with Gasteiger partial charge in [-0.3, -0.25) is 0 Å². The molecule has 0 rings (SSSR count). The first-order valence-electron chi connectivity index (χ1n) is 3.60. The molecule has 0 spiro atoms. The second-order valence-corrected chi connectivity index (χ2v) is 3.89. The molecule has 60 valence electrons. The summed E-state index contributed by atoms with van der Waals surface area (Å²) in [5, 5.41) is 9.17. The molecular weight excluding hydrogens is 192 g/mol. The highest BCUT2D eigenvalue weighted by molar-refractivity contribution is 9.09. The minimum Gasteiger partial charge on any atom is -0.389 e. The van der Waals surface area contributed by atoms with Gasteiger partial charge in [0, 0.05) is 4.83 Å². The fourth-order valence-electron chi connectivity index (χ4n) is 0.848. The fraction of sp³-hybridized carbons (Fsp3) is 0.750. The summed E-state index contributed by atoms with van der Waals surface area (Å²) < 4.78 is 0. The van der Waals surface area contributed by atoms with Gasteiger partial charge in [0.05, 0.1) is 6.10 Å². The van der Waals surface area contributed by atoms with Gasteiger partial charge in [-0.2, -0.15) is 0 Å². The Hall–Kier alpha value is 0.180. The van der Waals surface area contributed by atoms with Gasteiger partial charge in [0.15, 0.2) is 0 Å². The molecule has 2 heteroatoms. The van der Waals surface area contributed by atoms with Gasteiger partial charge in [-0.05, 0) is 25.8 Å². The summed E-state index contributed by atoms with van der Waals surface area (Å²) in [6.07, 6.45) is 2.67. The van der Waals surface area contributed by atoms with Gasteiger partial charge in [0.25, 0.3) is 0 Å². The van der Waals surface area contributed by atoms with Crippen LogP contribution in [0.1, 0.15) is 27.2 Å². The van der Waals surface area contributed by atoms with Crippen LogP contribution >= 0.6 is 15.9 Å². The van der Waals surface area contributed by atoms with Crippen LogP contribution in [0.25, 0.3) is 0 Å². The number of rotatable bonds is 3. The molecule has 0 saturated heterocycles. The molecule has 0 aromatic carbocycles. The maximum absolute atomic E-state index is 9.17. The summed E-state index contributed by atoms with van der Waals surface area (Å²) in [6, 6.07) is 0. The number of aliphatic hydroxyl groups is 1. The van der Waals surface area contributed by atoms with Crippen molar-refractivity contribution >= 4 is 15.9 Å². The summed E-state index contributed by atoms with van der Waals surface area (Å²) in [5.41, 5.74) is 1.10. The van der Waals surface area contributed by atoms with Crippen molar-refractivity contribution in [3.05, 3.63) is 11.6 Å². The average molecular weight is 207 g/mol. The molecule has 0 heterocycles. The molecule has 2 atom stereocenters. The minimum absolute atomic E-state index is 0.301. The molecular formula is C8H15BrO. The quantitative estimate of drug-likeness (QED) is 0.556. The second kappa shape index (κ2) is 4.91. The van der Waals surface area contributed by atoms with E-state index in [-0.39, 0.29) is 6.10 Å². The largest absolute Gasteiger partial charge is 0.389 e. The van der Waals surface area contributed by atoms with E-state index in [0.717, 1.165) is 12.0 Å². The van der Waals surface area contributed by atoms with Crippen molar-refractivity contribution in [1.82, 2.24) is 0 Å². The van der Waals surface area contributed by atoms with Gasteiger partial charge in [0.1, 0.15) is 0 Å². The molecule has 0 amide bonds. The number of aliphatic hydroxyl groups excluding tert-OH is 1. The molecule has 0 aliphatic heterocycles. The Bertz CT molecular complexity index is 116. The van der Waals surface area contributed by atoms with Gasteiger partial charge < -0.3 is 5.11 Å². The highest BCUT2D eigenvalue weighted by atomic mass is 79.9. The maximum Gasteiger partial charge on any atom is 0.0722 e. The standard InChI is InChI=1S/C8H15BrO/c1-4-8(7(3)10)5-6(2)9/h5-7,10H,4H2,1-3H3/b8-5+. The highest BCUT2D eigenvalue weighted by Crippen LogP contribution is 2.11. The predicted molar refractivity (Wildman–Crippen MR) is 48.4 cm³/mol. The summed E-state index contributed by atoms with van der Waals surface area (Å²) in [6.45, 7) is 5.89. The first kappa shape index (κ1) is 10.2. The number of alkyl halides is 1. The van der Waals surface area contributed by atoms with E-state index in [9.17, 15) is 5.11 Å². The maximum atomic E-state index is 9.17. The smallest absolute Gasteiger partial charge is 0.0722 e. The third-order valence-corrected chi connectivity index (χ3v) is 1.65. The molecule has 0 saturated carbocycles. The lowest BCUT2D eigenvalue weighted by molar-refractivity contribution is 0.227. The van der Waals surface area contributed by atoms with E-state index in [1.165, 1.54) is 0 Å². The molecule has 2 unspecified atom stereocenters. The molecule has 0 aromatic heterocycles. The van der Waals surface area contributed by atoms with Crippen LogP contribution in [0.3, 0.4) is 0 Å². The van der Waals surface area contributed by atoms with Crippen LogP contribution in [0.5, 0.6) is 0 Å². The zero-order valence-electron chi connectivity index (χ0n) is 6.76. The number of hydrogen-bond acceptors (Lipinski definition) is 1. The summed E-state index contributed by atoms with van der Waals surface area (Å²) >= 11 is 3.40. The van der Waals surface area contributed by atoms with Crippen LogP contribution in [-0.2, 0) is 0 Å². The van der Waals surface area contributed by atoms with Crippen molar-refractivity contribution in [2.45, 2.75) is 38.1 Å². The van der Waals surface area contributed by atoms with Crippen LogP contribution in [-0.4, -0.2) is 16.0 Å². The molecule has 0 aliphatic carbocycles. The Balaban J connectivity index is 4.04. The van der Waals surface area contributed by atoms with Crippen molar-refractivity contribution in [2.75, 3.05) is 0 Å². The Kier molecular flexibility index (Phi) is 5.00. The number of allylic oxidation sites excluding steroid dienone is 1. The van der Waals surface area contributed by atoms with Gasteiger partial charge in [0.2, 0.25) is 0 Å². The Morgan fingerprint density at radius 3 is 2.20 bits per heavy atom. The van der Waals surface area contributed by atoms with Crippen LogP contribution in [0, 0.1) is 0 Å². The van der Waals surface area contributed by atoms with E-state index in [0.29, 0.717) is 4.83 Å². The van der Waals surface area contributed by atoms with Gasteiger partial charge in [-0.25, -0.2) is 0 Å². The predicted octanol–water partition coefficient (Wildman–Crippen LogP) is 2.49. The van der Waals surface area contributed by atoms with E-state index in [1.54, 1.807) is 6.92 Å². The van der Waals surface area contributed by atoms with Crippen molar-refractivity contribution in [1.29, 1.82) is 0 Å². The molecule has 10 heavy (non-hydrogen) atoms. The first-order valence-corrected chi connectivity index (χ1v) is 4.52. The SMILES string of the molecule is CC/C(=C\C(C)Br)C(C)O. The van der Waals surface area contributed by atoms with E-state index in [1.807, 2.05) is 19.9 Å². The summed E-state index contributed by atoms with van der Waals surface area (Å²) in [7, 11) is 0. The molecule has 0 bridgehead atoms. The molecule has 0 aliphatic rings. The van der Waals surface area contributed by atoms with Gasteiger partial charge >= 0.3 is 0 Å². The van der Waals surface area contributed by atoms with Crippen molar-refractivity contribution < 1.29 is 5.11 Å². The van der Waals surface area contributed by atoms with E-state index in [2.05, 4.69) is 15.9 Å². The Labute approximate surface area is 71.3 Å². The van der Waals surface area contributed by atoms with Gasteiger partial charge in [-0.15, -0.1) is 0 Å². The van der Waals surface area contributed by atoms with Crippen molar-refractivity contribution in [3.63, 3.8) is 0 Å². The number of hydrogen-bond donors (Lipinski definition) is 1. The van der Waals surface area contributed by atoms with Crippen LogP contribution < -0.4 is 0 Å². The van der Waals surface area contributed by atoms with E-state index >= 15 is 0 Å². The average Bonchev–Trinajstić information content (AvgIpc) is 1.81. The van der Waals surface area contributed by atoms with Crippen molar-refractivity contribution in [2.24, 2.45) is 0 Å². The first-order chi connectivity index (χ1) is 4.57. The lowest BCUT2D eigenvalue weighted by Crippen LogP contribution is -2.05. The summed E-state index contributed by atoms with van der Waals surface area (Å²) in [5.74, 6) is 0. The van der Waals surface area contributed by atoms with E-state index < -0.39 is 0 Å². The third-order valence-electron chi connectivity index (χ3n) is 1.39. The van der Waals surface area contributed by atoms with Crippen LogP contribution in [0.4, 0.5) is 0 Å². The van der Waals surface area contributed by atoms with Crippen molar-refractivity contribution in [3.8, 4) is 0 Å². The van der Waals surface area contributed by atoms with Crippen LogP contribution in [0.15, 0.2) is 11.6 Å². The monoisotopic (exact) mass is 206 g/mol. The molecule has 0 radical (unpaired) electrons. The normalized spacial score (nSPS) is 18.7. The third kappa shape index (κ3) is 4.07. The molecule has 1 nitrogen and oxygen atoms in total. The fourth-order valence-corrected chi connectivity index (χ4v) is 1.19. The van der Waals surface area contributed by atoms with E-state index in [4.69, 9.17) is 0 Å². The Morgan fingerprint density at radius 2 is 2.10 bits per heavy atom. The zero-order chi connectivity index (χ0) is 8.15. The lowest BCUT2D eigenvalue weighted by Gasteiger charge is -2.08. The topological polar surface area (TPSA) is 20.2 Å². The molecule has 0 fully saturated rings. The molecule has 0 aromatic rings. The number of halogens is 1. The van der Waals surface area contributed by atoms with Crippen LogP contribution in [0.2, 0.25) is 0 Å². The minimum atomic E-state index is -0.301. The highest BCUT2D eigenvalue weighted by Gasteiger charge is 2.02. The Morgan fingerprint density at radius 1 is 1.60 bits per heavy atom. The summed E-state index contributed by atoms with van der Waals surface area (Å²) in [4.78, 5) is 0.358. The lowest BCUT2D eigenvalue weighted by atomic mass is 10.1.